The van der Waals surface area contributed by atoms with Crippen LogP contribution >= 0.6 is 11.6 Å². The van der Waals surface area contributed by atoms with Gasteiger partial charge in [-0.25, -0.2) is 5.43 Å². The Morgan fingerprint density at radius 3 is 2.71 bits per heavy atom. The third-order valence-electron chi connectivity index (χ3n) is 5.18. The van der Waals surface area contributed by atoms with Gasteiger partial charge in [0.1, 0.15) is 18.1 Å². The van der Waals surface area contributed by atoms with Crippen LogP contribution in [-0.2, 0) is 10.2 Å². The largest absolute Gasteiger partial charge is 0.485 e. The van der Waals surface area contributed by atoms with E-state index >= 15 is 0 Å². The fourth-order valence-corrected chi connectivity index (χ4v) is 3.49. The van der Waals surface area contributed by atoms with Gasteiger partial charge in [-0.3, -0.25) is 14.9 Å². The van der Waals surface area contributed by atoms with E-state index < -0.39 is 16.9 Å². The van der Waals surface area contributed by atoms with Crippen LogP contribution in [0.25, 0.3) is 11.3 Å². The molecule has 0 radical (unpaired) electrons. The van der Waals surface area contributed by atoms with Crippen LogP contribution in [0.1, 0.15) is 32.1 Å². The lowest BCUT2D eigenvalue weighted by molar-refractivity contribution is -0.384. The molecular weight excluding hydrogens is 462 g/mol. The number of nitro benzene ring substituents is 1. The van der Waals surface area contributed by atoms with Gasteiger partial charge in [-0.1, -0.05) is 38.4 Å². The predicted octanol–water partition coefficient (Wildman–Crippen LogP) is 5.10. The first-order chi connectivity index (χ1) is 16.1. The highest BCUT2D eigenvalue weighted by molar-refractivity contribution is 6.33. The fraction of sp³-hybridized carbons (Fsp3) is 0.250. The molecule has 2 aromatic carbocycles. The average molecular weight is 484 g/mol. The molecule has 0 saturated heterocycles. The number of hydrazone groups is 1. The third-order valence-corrected chi connectivity index (χ3v) is 5.51. The molecule has 2 heterocycles. The zero-order valence-corrected chi connectivity index (χ0v) is 19.5. The Hall–Kier alpha value is -3.85. The maximum absolute atomic E-state index is 12.5. The van der Waals surface area contributed by atoms with Crippen molar-refractivity contribution in [2.45, 2.75) is 32.3 Å². The second kappa shape index (κ2) is 9.18. The smallest absolute Gasteiger partial charge is 0.284 e. The molecule has 176 valence electrons. The average Bonchev–Trinajstić information content (AvgIpc) is 3.26. The molecule has 4 rings (SSSR count). The van der Waals surface area contributed by atoms with Crippen LogP contribution in [0.15, 0.2) is 58.0 Å². The standard InChI is InChI=1S/C24H22ClN3O6/c1-24(2,3)14-4-8-20-21(10-14)34-22(13-32-20)23(29)27-26-12-16-6-9-19(33-16)17-11-15(28(30)31)5-7-18(17)25/h4-12,22H,13H2,1-3H3,(H,27,29)/b26-12+. The first kappa shape index (κ1) is 23.3. The molecule has 1 unspecified atom stereocenters. The first-order valence-electron chi connectivity index (χ1n) is 10.4. The lowest BCUT2D eigenvalue weighted by Gasteiger charge is -2.27. The number of carbonyl (C=O) groups is 1. The quantitative estimate of drug-likeness (QED) is 0.306. The molecule has 34 heavy (non-hydrogen) atoms. The third kappa shape index (κ3) is 5.04. The molecule has 1 N–H and O–H groups in total. The van der Waals surface area contributed by atoms with E-state index in [4.69, 9.17) is 25.5 Å². The Balaban J connectivity index is 1.41. The number of amides is 1. The molecule has 1 amide bonds. The van der Waals surface area contributed by atoms with Gasteiger partial charge in [-0.2, -0.15) is 5.10 Å². The van der Waals surface area contributed by atoms with Gasteiger partial charge in [0.05, 0.1) is 16.2 Å². The summed E-state index contributed by atoms with van der Waals surface area (Å²) in [6.07, 6.45) is 0.442. The number of halogens is 1. The molecule has 0 aliphatic carbocycles. The summed E-state index contributed by atoms with van der Waals surface area (Å²) in [4.78, 5) is 23.0. The fourth-order valence-electron chi connectivity index (χ4n) is 3.28. The van der Waals surface area contributed by atoms with Gasteiger partial charge in [0.2, 0.25) is 6.10 Å². The van der Waals surface area contributed by atoms with Crippen molar-refractivity contribution in [1.29, 1.82) is 0 Å². The van der Waals surface area contributed by atoms with Crippen LogP contribution < -0.4 is 14.9 Å². The van der Waals surface area contributed by atoms with Crippen LogP contribution in [0.3, 0.4) is 0 Å². The van der Waals surface area contributed by atoms with E-state index in [1.54, 1.807) is 12.1 Å². The summed E-state index contributed by atoms with van der Waals surface area (Å²) in [5.74, 6) is 1.27. The van der Waals surface area contributed by atoms with Crippen molar-refractivity contribution < 1.29 is 23.6 Å². The summed E-state index contributed by atoms with van der Waals surface area (Å²) in [5.41, 5.74) is 3.67. The van der Waals surface area contributed by atoms with Crippen LogP contribution in [0.5, 0.6) is 11.5 Å². The monoisotopic (exact) mass is 483 g/mol. The Morgan fingerprint density at radius 2 is 1.97 bits per heavy atom. The second-order valence-corrected chi connectivity index (χ2v) is 9.09. The van der Waals surface area contributed by atoms with Crippen molar-refractivity contribution in [3.8, 4) is 22.8 Å². The normalized spacial score (nSPS) is 15.4. The van der Waals surface area contributed by atoms with Crippen LogP contribution in [-0.4, -0.2) is 29.8 Å². The molecule has 3 aromatic rings. The summed E-state index contributed by atoms with van der Waals surface area (Å²) >= 11 is 6.15. The van der Waals surface area contributed by atoms with Crippen molar-refractivity contribution in [1.82, 2.24) is 5.43 Å². The van der Waals surface area contributed by atoms with Gasteiger partial charge < -0.3 is 13.9 Å². The predicted molar refractivity (Wildman–Crippen MR) is 127 cm³/mol. The maximum atomic E-state index is 12.5. The molecule has 1 aliphatic rings. The molecule has 1 atom stereocenters. The SMILES string of the molecule is CC(C)(C)c1ccc2c(c1)OC(C(=O)N/N=C/c1ccc(-c3cc([N+](=O)[O-])ccc3Cl)o1)CO2. The van der Waals surface area contributed by atoms with Gasteiger partial charge in [0.15, 0.2) is 11.5 Å². The van der Waals surface area contributed by atoms with Crippen LogP contribution in [0.4, 0.5) is 5.69 Å². The van der Waals surface area contributed by atoms with Crippen molar-refractivity contribution in [2.75, 3.05) is 6.61 Å². The molecule has 1 aromatic heterocycles. The highest BCUT2D eigenvalue weighted by Gasteiger charge is 2.28. The number of rotatable bonds is 5. The Kier molecular flexibility index (Phi) is 6.30. The summed E-state index contributed by atoms with van der Waals surface area (Å²) in [6.45, 7) is 6.32. The number of nitrogens with one attached hydrogen (secondary N) is 1. The number of fused-ring (bicyclic) bond motifs is 1. The van der Waals surface area contributed by atoms with E-state index in [1.165, 1.54) is 24.4 Å². The number of furan rings is 1. The van der Waals surface area contributed by atoms with Gasteiger partial charge in [0.25, 0.3) is 11.6 Å². The summed E-state index contributed by atoms with van der Waals surface area (Å²) < 4.78 is 17.1. The van der Waals surface area contributed by atoms with Crippen molar-refractivity contribution in [2.24, 2.45) is 5.10 Å². The molecule has 1 aliphatic heterocycles. The maximum Gasteiger partial charge on any atom is 0.284 e. The zero-order chi connectivity index (χ0) is 24.5. The number of hydrogen-bond acceptors (Lipinski definition) is 7. The minimum Gasteiger partial charge on any atom is -0.485 e. The van der Waals surface area contributed by atoms with E-state index in [0.29, 0.717) is 33.6 Å². The van der Waals surface area contributed by atoms with Crippen LogP contribution in [0.2, 0.25) is 5.02 Å². The van der Waals surface area contributed by atoms with Gasteiger partial charge in [0, 0.05) is 17.7 Å². The lowest BCUT2D eigenvalue weighted by Crippen LogP contribution is -2.42. The van der Waals surface area contributed by atoms with Crippen LogP contribution in [0, 0.1) is 10.1 Å². The molecular formula is C24H22ClN3O6. The Bertz CT molecular complexity index is 1280. The van der Waals surface area contributed by atoms with Crippen molar-refractivity contribution in [3.63, 3.8) is 0 Å². The number of ether oxygens (including phenoxy) is 2. The van der Waals surface area contributed by atoms with E-state index in [1.807, 2.05) is 18.2 Å². The van der Waals surface area contributed by atoms with Crippen molar-refractivity contribution >= 4 is 29.4 Å². The first-order valence-corrected chi connectivity index (χ1v) is 10.8. The topological polar surface area (TPSA) is 116 Å². The molecule has 0 saturated carbocycles. The highest BCUT2D eigenvalue weighted by atomic mass is 35.5. The van der Waals surface area contributed by atoms with E-state index in [2.05, 4.69) is 31.3 Å². The Labute approximate surface area is 200 Å². The van der Waals surface area contributed by atoms with Gasteiger partial charge in [-0.15, -0.1) is 0 Å². The second-order valence-electron chi connectivity index (χ2n) is 8.69. The van der Waals surface area contributed by atoms with E-state index in [0.717, 1.165) is 5.56 Å². The molecule has 0 spiro atoms. The Morgan fingerprint density at radius 1 is 1.18 bits per heavy atom. The number of nitrogens with zero attached hydrogens (tertiary/aromatic N) is 2. The van der Waals surface area contributed by atoms with Crippen molar-refractivity contribution in [3.05, 3.63) is 75.0 Å². The lowest BCUT2D eigenvalue weighted by atomic mass is 9.87. The molecule has 10 heteroatoms. The minimum absolute atomic E-state index is 0.0550. The summed E-state index contributed by atoms with van der Waals surface area (Å²) in [5, 5.41) is 15.2. The summed E-state index contributed by atoms with van der Waals surface area (Å²) in [7, 11) is 0. The summed E-state index contributed by atoms with van der Waals surface area (Å²) in [6, 6.07) is 13.0. The van der Waals surface area contributed by atoms with E-state index in [-0.39, 0.29) is 17.7 Å². The molecule has 0 fully saturated rings. The minimum atomic E-state index is -0.865. The number of carbonyl (C=O) groups excluding carboxylic acids is 1. The molecule has 9 nitrogen and oxygen atoms in total. The highest BCUT2D eigenvalue weighted by Crippen LogP contribution is 2.36. The van der Waals surface area contributed by atoms with Gasteiger partial charge >= 0.3 is 0 Å². The number of hydrogen-bond donors (Lipinski definition) is 1. The molecule has 0 bridgehead atoms. The number of non-ortho nitro benzene ring substituents is 1. The zero-order valence-electron chi connectivity index (χ0n) is 18.7. The number of benzene rings is 2. The number of nitro groups is 1. The van der Waals surface area contributed by atoms with Gasteiger partial charge in [-0.05, 0) is 41.3 Å². The van der Waals surface area contributed by atoms with E-state index in [9.17, 15) is 14.9 Å².